The number of benzene rings is 1. The highest BCUT2D eigenvalue weighted by Crippen LogP contribution is 2.22. The molecule has 2 rings (SSSR count). The Bertz CT molecular complexity index is 680. The first-order valence-corrected chi connectivity index (χ1v) is 5.77. The van der Waals surface area contributed by atoms with E-state index in [4.69, 9.17) is 16.9 Å². The first-order chi connectivity index (χ1) is 9.11. The third-order valence-electron chi connectivity index (χ3n) is 2.59. The molecule has 2 aromatic rings. The lowest BCUT2D eigenvalue weighted by atomic mass is 10.0. The smallest absolute Gasteiger partial charge is 0.358 e. The van der Waals surface area contributed by atoms with E-state index in [2.05, 4.69) is 11.1 Å². The van der Waals surface area contributed by atoms with Crippen molar-refractivity contribution in [3.05, 3.63) is 68.4 Å². The zero-order valence-corrected chi connectivity index (χ0v) is 10.5. The third-order valence-corrected chi connectivity index (χ3v) is 2.93. The van der Waals surface area contributed by atoms with Crippen LogP contribution in [-0.2, 0) is 6.42 Å². The number of hydrogen-bond acceptors (Lipinski definition) is 4. The van der Waals surface area contributed by atoms with E-state index in [0.717, 1.165) is 5.56 Å². The van der Waals surface area contributed by atoms with Gasteiger partial charge in [-0.05, 0) is 27.6 Å². The Morgan fingerprint density at radius 1 is 1.32 bits per heavy atom. The zero-order chi connectivity index (χ0) is 13.8. The first kappa shape index (κ1) is 13.0. The normalized spacial score (nSPS) is 9.89. The lowest BCUT2D eigenvalue weighted by Crippen LogP contribution is -2.00. The van der Waals surface area contributed by atoms with Gasteiger partial charge in [0, 0.05) is 12.5 Å². The van der Waals surface area contributed by atoms with Crippen LogP contribution < -0.4 is 0 Å². The molecular formula is C13H8ClN3O2. The fourth-order valence-electron chi connectivity index (χ4n) is 1.66. The third kappa shape index (κ3) is 2.87. The van der Waals surface area contributed by atoms with Gasteiger partial charge in [0.25, 0.3) is 0 Å². The van der Waals surface area contributed by atoms with Crippen molar-refractivity contribution in [1.29, 1.82) is 5.26 Å². The SMILES string of the molecule is N#Cc1ccccc1Cc1nc([N+](=O)[O-])ccc1Cl. The van der Waals surface area contributed by atoms with Gasteiger partial charge in [-0.3, -0.25) is 0 Å². The molecule has 0 bridgehead atoms. The summed E-state index contributed by atoms with van der Waals surface area (Å²) in [5.41, 5.74) is 1.63. The second kappa shape index (κ2) is 5.46. The number of pyridine rings is 1. The number of nitriles is 1. The Morgan fingerprint density at radius 3 is 2.74 bits per heavy atom. The lowest BCUT2D eigenvalue weighted by molar-refractivity contribution is -0.389. The van der Waals surface area contributed by atoms with Gasteiger partial charge >= 0.3 is 5.82 Å². The molecule has 0 saturated carbocycles. The van der Waals surface area contributed by atoms with E-state index >= 15 is 0 Å². The Labute approximate surface area is 114 Å². The summed E-state index contributed by atoms with van der Waals surface area (Å²) >= 11 is 5.98. The van der Waals surface area contributed by atoms with E-state index < -0.39 is 4.92 Å². The summed E-state index contributed by atoms with van der Waals surface area (Å²) in [5.74, 6) is -0.256. The zero-order valence-electron chi connectivity index (χ0n) is 9.71. The Morgan fingerprint density at radius 2 is 2.05 bits per heavy atom. The van der Waals surface area contributed by atoms with Crippen LogP contribution in [0.15, 0.2) is 36.4 Å². The van der Waals surface area contributed by atoms with Gasteiger partial charge in [-0.25, -0.2) is 0 Å². The standard InChI is InChI=1S/C13H8ClN3O2/c14-11-5-6-13(17(18)19)16-12(11)7-9-3-1-2-4-10(9)8-15/h1-6H,7H2. The van der Waals surface area contributed by atoms with Gasteiger partial charge in [0.15, 0.2) is 5.69 Å². The van der Waals surface area contributed by atoms with Crippen LogP contribution in [0.2, 0.25) is 5.02 Å². The predicted octanol–water partition coefficient (Wildman–Crippen LogP) is 3.11. The van der Waals surface area contributed by atoms with Crippen LogP contribution in [0.1, 0.15) is 16.8 Å². The molecule has 5 nitrogen and oxygen atoms in total. The molecule has 94 valence electrons. The average molecular weight is 274 g/mol. The van der Waals surface area contributed by atoms with Crippen LogP contribution in [0, 0.1) is 21.4 Å². The summed E-state index contributed by atoms with van der Waals surface area (Å²) in [6.45, 7) is 0. The van der Waals surface area contributed by atoms with Crippen molar-refractivity contribution < 1.29 is 4.92 Å². The summed E-state index contributed by atoms with van der Waals surface area (Å²) in [6, 6.07) is 11.8. The minimum Gasteiger partial charge on any atom is -0.358 e. The van der Waals surface area contributed by atoms with E-state index in [-0.39, 0.29) is 12.2 Å². The molecule has 0 radical (unpaired) electrons. The van der Waals surface area contributed by atoms with E-state index in [1.165, 1.54) is 12.1 Å². The fraction of sp³-hybridized carbons (Fsp3) is 0.0769. The lowest BCUT2D eigenvalue weighted by Gasteiger charge is -2.02. The van der Waals surface area contributed by atoms with Gasteiger partial charge in [0.1, 0.15) is 0 Å². The maximum Gasteiger partial charge on any atom is 0.363 e. The molecule has 0 unspecified atom stereocenters. The van der Waals surface area contributed by atoms with Gasteiger partial charge < -0.3 is 10.1 Å². The topological polar surface area (TPSA) is 79.8 Å². The Kier molecular flexibility index (Phi) is 3.74. The van der Waals surface area contributed by atoms with Crippen molar-refractivity contribution in [1.82, 2.24) is 4.98 Å². The number of hydrogen-bond donors (Lipinski definition) is 0. The van der Waals surface area contributed by atoms with E-state index in [0.29, 0.717) is 16.3 Å². The number of aromatic nitrogens is 1. The molecule has 0 amide bonds. The second-order valence-electron chi connectivity index (χ2n) is 3.80. The monoisotopic (exact) mass is 273 g/mol. The highest BCUT2D eigenvalue weighted by molar-refractivity contribution is 6.31. The molecule has 0 atom stereocenters. The molecule has 0 aliphatic carbocycles. The van der Waals surface area contributed by atoms with Crippen LogP contribution >= 0.6 is 11.6 Å². The quantitative estimate of drug-likeness (QED) is 0.636. The van der Waals surface area contributed by atoms with Crippen molar-refractivity contribution >= 4 is 17.4 Å². The molecule has 0 aliphatic heterocycles. The molecule has 1 aromatic heterocycles. The van der Waals surface area contributed by atoms with Crippen LogP contribution in [0.25, 0.3) is 0 Å². The Balaban J connectivity index is 2.41. The second-order valence-corrected chi connectivity index (χ2v) is 4.21. The molecule has 0 fully saturated rings. The number of halogens is 1. The number of rotatable bonds is 3. The van der Waals surface area contributed by atoms with Crippen molar-refractivity contribution in [3.63, 3.8) is 0 Å². The van der Waals surface area contributed by atoms with E-state index in [9.17, 15) is 10.1 Å². The van der Waals surface area contributed by atoms with Gasteiger partial charge in [-0.2, -0.15) is 5.26 Å². The molecule has 0 aliphatic rings. The van der Waals surface area contributed by atoms with E-state index in [1.54, 1.807) is 24.3 Å². The molecule has 19 heavy (non-hydrogen) atoms. The van der Waals surface area contributed by atoms with Gasteiger partial charge in [0.2, 0.25) is 0 Å². The molecule has 6 heteroatoms. The van der Waals surface area contributed by atoms with Gasteiger partial charge in [-0.1, -0.05) is 29.8 Å². The van der Waals surface area contributed by atoms with Crippen molar-refractivity contribution in [2.75, 3.05) is 0 Å². The minimum atomic E-state index is -0.573. The Hall–Kier alpha value is -2.45. The van der Waals surface area contributed by atoms with Crippen molar-refractivity contribution in [2.24, 2.45) is 0 Å². The molecule has 0 saturated heterocycles. The van der Waals surface area contributed by atoms with Crippen molar-refractivity contribution in [2.45, 2.75) is 6.42 Å². The highest BCUT2D eigenvalue weighted by Gasteiger charge is 2.15. The van der Waals surface area contributed by atoms with Crippen LogP contribution in [0.3, 0.4) is 0 Å². The summed E-state index contributed by atoms with van der Waals surface area (Å²) in [6.07, 6.45) is 0.282. The van der Waals surface area contributed by atoms with Crippen LogP contribution in [-0.4, -0.2) is 9.91 Å². The van der Waals surface area contributed by atoms with Crippen LogP contribution in [0.4, 0.5) is 5.82 Å². The predicted molar refractivity (Wildman–Crippen MR) is 69.9 cm³/mol. The van der Waals surface area contributed by atoms with Crippen LogP contribution in [0.5, 0.6) is 0 Å². The minimum absolute atomic E-state index is 0.256. The summed E-state index contributed by atoms with van der Waals surface area (Å²) in [5, 5.41) is 20.0. The molecule has 1 aromatic carbocycles. The maximum atomic E-state index is 10.7. The molecule has 0 spiro atoms. The number of nitro groups is 1. The van der Waals surface area contributed by atoms with Crippen molar-refractivity contribution in [3.8, 4) is 6.07 Å². The van der Waals surface area contributed by atoms with Gasteiger partial charge in [-0.15, -0.1) is 0 Å². The molecule has 1 heterocycles. The molecule has 0 N–H and O–H groups in total. The highest BCUT2D eigenvalue weighted by atomic mass is 35.5. The molecular weight excluding hydrogens is 266 g/mol. The maximum absolute atomic E-state index is 10.7. The first-order valence-electron chi connectivity index (χ1n) is 5.39. The average Bonchev–Trinajstić information content (AvgIpc) is 2.41. The number of nitrogens with zero attached hydrogens (tertiary/aromatic N) is 3. The summed E-state index contributed by atoms with van der Waals surface area (Å²) in [7, 11) is 0. The fourth-order valence-corrected chi connectivity index (χ4v) is 1.83. The summed E-state index contributed by atoms with van der Waals surface area (Å²) < 4.78 is 0. The van der Waals surface area contributed by atoms with E-state index in [1.807, 2.05) is 0 Å². The van der Waals surface area contributed by atoms with Gasteiger partial charge in [0.05, 0.1) is 16.7 Å². The largest absolute Gasteiger partial charge is 0.363 e. The summed E-state index contributed by atoms with van der Waals surface area (Å²) in [4.78, 5) is 14.0.